The second-order valence-electron chi connectivity index (χ2n) is 5.56. The molecule has 0 saturated heterocycles. The smallest absolute Gasteiger partial charge is 0.0317 e. The predicted octanol–water partition coefficient (Wildman–Crippen LogP) is 4.05. The molecule has 0 unspecified atom stereocenters. The number of anilines is 1. The van der Waals surface area contributed by atoms with Crippen LogP contribution in [-0.2, 0) is 13.1 Å². The van der Waals surface area contributed by atoms with Gasteiger partial charge in [0.1, 0.15) is 0 Å². The number of nitrogen functional groups attached to an aromatic ring is 1. The van der Waals surface area contributed by atoms with Gasteiger partial charge in [-0.3, -0.25) is 4.90 Å². The van der Waals surface area contributed by atoms with Crippen LogP contribution in [0.25, 0.3) is 10.8 Å². The summed E-state index contributed by atoms with van der Waals surface area (Å²) in [6.07, 6.45) is 0. The molecule has 0 saturated carbocycles. The van der Waals surface area contributed by atoms with Crippen molar-refractivity contribution in [3.05, 3.63) is 77.9 Å². The Kier molecular flexibility index (Phi) is 3.89. The fourth-order valence-electron chi connectivity index (χ4n) is 2.78. The first-order valence-corrected chi connectivity index (χ1v) is 7.22. The number of rotatable bonds is 4. The highest BCUT2D eigenvalue weighted by Gasteiger charge is 2.05. The third-order valence-corrected chi connectivity index (χ3v) is 3.72. The van der Waals surface area contributed by atoms with Crippen molar-refractivity contribution >= 4 is 16.5 Å². The van der Waals surface area contributed by atoms with Crippen molar-refractivity contribution < 1.29 is 0 Å². The van der Waals surface area contributed by atoms with Gasteiger partial charge in [-0.15, -0.1) is 0 Å². The van der Waals surface area contributed by atoms with E-state index in [-0.39, 0.29) is 0 Å². The van der Waals surface area contributed by atoms with Crippen LogP contribution in [0, 0.1) is 0 Å². The Labute approximate surface area is 125 Å². The second-order valence-corrected chi connectivity index (χ2v) is 5.56. The summed E-state index contributed by atoms with van der Waals surface area (Å²) in [4.78, 5) is 2.32. The highest BCUT2D eigenvalue weighted by Crippen LogP contribution is 2.20. The van der Waals surface area contributed by atoms with E-state index in [1.807, 2.05) is 18.2 Å². The third-order valence-electron chi connectivity index (χ3n) is 3.72. The lowest BCUT2D eigenvalue weighted by atomic mass is 10.0. The quantitative estimate of drug-likeness (QED) is 0.728. The lowest BCUT2D eigenvalue weighted by Gasteiger charge is -2.18. The van der Waals surface area contributed by atoms with Gasteiger partial charge in [0, 0.05) is 18.8 Å². The van der Waals surface area contributed by atoms with E-state index < -0.39 is 0 Å². The van der Waals surface area contributed by atoms with Gasteiger partial charge in [0.2, 0.25) is 0 Å². The van der Waals surface area contributed by atoms with E-state index in [2.05, 4.69) is 60.5 Å². The number of nitrogens with two attached hydrogens (primary N) is 1. The normalized spacial score (nSPS) is 11.1. The number of hydrogen-bond donors (Lipinski definition) is 1. The monoisotopic (exact) mass is 276 g/mol. The summed E-state index contributed by atoms with van der Waals surface area (Å²) in [5, 5.41) is 2.63. The lowest BCUT2D eigenvalue weighted by molar-refractivity contribution is 0.320. The minimum absolute atomic E-state index is 0.825. The molecular formula is C19H20N2. The van der Waals surface area contributed by atoms with Crippen LogP contribution in [0.15, 0.2) is 66.7 Å². The fourth-order valence-corrected chi connectivity index (χ4v) is 2.78. The van der Waals surface area contributed by atoms with Crippen molar-refractivity contribution in [3.8, 4) is 0 Å². The average molecular weight is 276 g/mol. The van der Waals surface area contributed by atoms with Crippen molar-refractivity contribution in [1.29, 1.82) is 0 Å². The van der Waals surface area contributed by atoms with Gasteiger partial charge in [0.05, 0.1) is 0 Å². The molecule has 0 spiro atoms. The Hall–Kier alpha value is -2.32. The van der Waals surface area contributed by atoms with Gasteiger partial charge in [-0.05, 0) is 41.1 Å². The zero-order valence-electron chi connectivity index (χ0n) is 12.3. The largest absolute Gasteiger partial charge is 0.399 e. The van der Waals surface area contributed by atoms with Gasteiger partial charge < -0.3 is 5.73 Å². The number of fused-ring (bicyclic) bond motifs is 1. The van der Waals surface area contributed by atoms with Crippen LogP contribution < -0.4 is 5.73 Å². The Balaban J connectivity index is 1.79. The molecule has 0 amide bonds. The molecule has 0 aliphatic carbocycles. The number of hydrogen-bond acceptors (Lipinski definition) is 2. The maximum absolute atomic E-state index is 5.84. The van der Waals surface area contributed by atoms with E-state index in [0.29, 0.717) is 0 Å². The van der Waals surface area contributed by atoms with E-state index in [1.54, 1.807) is 0 Å². The van der Waals surface area contributed by atoms with Gasteiger partial charge in [-0.25, -0.2) is 0 Å². The summed E-state index contributed by atoms with van der Waals surface area (Å²) in [7, 11) is 2.14. The predicted molar refractivity (Wildman–Crippen MR) is 90.0 cm³/mol. The Morgan fingerprint density at radius 3 is 2.48 bits per heavy atom. The van der Waals surface area contributed by atoms with E-state index in [1.165, 1.54) is 21.9 Å². The fraction of sp³-hybridized carbons (Fsp3) is 0.158. The molecule has 0 bridgehead atoms. The van der Waals surface area contributed by atoms with Crippen LogP contribution >= 0.6 is 0 Å². The molecule has 2 heteroatoms. The van der Waals surface area contributed by atoms with Crippen molar-refractivity contribution in [2.75, 3.05) is 12.8 Å². The third kappa shape index (κ3) is 3.23. The Morgan fingerprint density at radius 1 is 0.857 bits per heavy atom. The van der Waals surface area contributed by atoms with Gasteiger partial charge in [-0.2, -0.15) is 0 Å². The summed E-state index contributed by atoms with van der Waals surface area (Å²) in [5.41, 5.74) is 9.28. The van der Waals surface area contributed by atoms with Gasteiger partial charge in [0.15, 0.2) is 0 Å². The van der Waals surface area contributed by atoms with Crippen LogP contribution in [0.3, 0.4) is 0 Å². The molecule has 2 nitrogen and oxygen atoms in total. The molecule has 0 atom stereocenters. The van der Waals surface area contributed by atoms with E-state index >= 15 is 0 Å². The van der Waals surface area contributed by atoms with Crippen LogP contribution in [0.4, 0.5) is 5.69 Å². The van der Waals surface area contributed by atoms with E-state index in [9.17, 15) is 0 Å². The van der Waals surface area contributed by atoms with Crippen LogP contribution in [0.2, 0.25) is 0 Å². The summed E-state index contributed by atoms with van der Waals surface area (Å²) in [6, 6.07) is 23.1. The molecule has 0 aliphatic rings. The maximum atomic E-state index is 5.84. The summed E-state index contributed by atoms with van der Waals surface area (Å²) in [5.74, 6) is 0. The van der Waals surface area contributed by atoms with Gasteiger partial charge >= 0.3 is 0 Å². The highest BCUT2D eigenvalue weighted by atomic mass is 15.1. The first-order chi connectivity index (χ1) is 10.2. The Bertz CT molecular complexity index is 744. The molecule has 106 valence electrons. The van der Waals surface area contributed by atoms with Crippen molar-refractivity contribution in [2.24, 2.45) is 0 Å². The van der Waals surface area contributed by atoms with Crippen molar-refractivity contribution in [3.63, 3.8) is 0 Å². The van der Waals surface area contributed by atoms with Crippen molar-refractivity contribution in [2.45, 2.75) is 13.1 Å². The van der Waals surface area contributed by atoms with Crippen molar-refractivity contribution in [1.82, 2.24) is 4.90 Å². The molecule has 0 radical (unpaired) electrons. The first-order valence-electron chi connectivity index (χ1n) is 7.22. The number of benzene rings is 3. The molecule has 0 fully saturated rings. The molecule has 2 N–H and O–H groups in total. The SMILES string of the molecule is CN(Cc1cccc(N)c1)Cc1cccc2ccccc12. The minimum atomic E-state index is 0.825. The molecule has 21 heavy (non-hydrogen) atoms. The van der Waals surface area contributed by atoms with Gasteiger partial charge in [-0.1, -0.05) is 54.6 Å². The standard InChI is InChI=1S/C19H20N2/c1-21(13-15-6-4-10-18(20)12-15)14-17-9-5-8-16-7-2-3-11-19(16)17/h2-12H,13-14,20H2,1H3. The van der Waals surface area contributed by atoms with Gasteiger partial charge in [0.25, 0.3) is 0 Å². The molecule has 0 heterocycles. The summed E-state index contributed by atoms with van der Waals surface area (Å²) < 4.78 is 0. The maximum Gasteiger partial charge on any atom is 0.0317 e. The molecule has 0 aliphatic heterocycles. The molecular weight excluding hydrogens is 256 g/mol. The average Bonchev–Trinajstić information content (AvgIpc) is 2.47. The zero-order chi connectivity index (χ0) is 14.7. The Morgan fingerprint density at radius 2 is 1.62 bits per heavy atom. The van der Waals surface area contributed by atoms with E-state index in [4.69, 9.17) is 5.73 Å². The minimum Gasteiger partial charge on any atom is -0.399 e. The topological polar surface area (TPSA) is 29.3 Å². The van der Waals surface area contributed by atoms with Crippen LogP contribution in [0.1, 0.15) is 11.1 Å². The van der Waals surface area contributed by atoms with Crippen LogP contribution in [0.5, 0.6) is 0 Å². The zero-order valence-corrected chi connectivity index (χ0v) is 12.3. The number of nitrogens with zero attached hydrogens (tertiary/aromatic N) is 1. The van der Waals surface area contributed by atoms with Crippen LogP contribution in [-0.4, -0.2) is 11.9 Å². The molecule has 3 aromatic carbocycles. The second kappa shape index (κ2) is 5.98. The van der Waals surface area contributed by atoms with E-state index in [0.717, 1.165) is 18.8 Å². The summed E-state index contributed by atoms with van der Waals surface area (Å²) in [6.45, 7) is 1.82. The summed E-state index contributed by atoms with van der Waals surface area (Å²) >= 11 is 0. The first kappa shape index (κ1) is 13.7. The molecule has 3 aromatic rings. The molecule has 0 aromatic heterocycles. The lowest BCUT2D eigenvalue weighted by Crippen LogP contribution is -2.17. The molecule has 3 rings (SSSR count). The highest BCUT2D eigenvalue weighted by molar-refractivity contribution is 5.85.